The van der Waals surface area contributed by atoms with E-state index < -0.39 is 0 Å². The first-order valence-electron chi connectivity index (χ1n) is 6.39. The largest absolute Gasteiger partial charge is 0.494 e. The van der Waals surface area contributed by atoms with Gasteiger partial charge in [-0.25, -0.2) is 0 Å². The molecule has 18 heavy (non-hydrogen) atoms. The fraction of sp³-hybridized carbons (Fsp3) is 0.400. The monoisotopic (exact) mass is 244 g/mol. The van der Waals surface area contributed by atoms with Gasteiger partial charge in [0.1, 0.15) is 11.3 Å². The fourth-order valence-corrected chi connectivity index (χ4v) is 2.31. The number of methoxy groups -OCH3 is 1. The quantitative estimate of drug-likeness (QED) is 0.877. The minimum atomic E-state index is 0.918. The normalized spacial score (nSPS) is 10.8. The molecule has 1 aromatic carbocycles. The molecule has 3 heteroatoms. The van der Waals surface area contributed by atoms with Crippen molar-refractivity contribution in [3.63, 3.8) is 0 Å². The molecule has 2 aromatic rings. The van der Waals surface area contributed by atoms with Crippen LogP contribution in [-0.4, -0.2) is 25.7 Å². The maximum atomic E-state index is 5.53. The molecule has 0 amide bonds. The number of benzene rings is 1. The van der Waals surface area contributed by atoms with E-state index in [1.54, 1.807) is 7.11 Å². The first-order chi connectivity index (χ1) is 8.81. The zero-order valence-corrected chi connectivity index (χ0v) is 11.3. The molecule has 2 rings (SSSR count). The van der Waals surface area contributed by atoms with Crippen LogP contribution in [0.3, 0.4) is 0 Å². The Bertz CT molecular complexity index is 537. The van der Waals surface area contributed by atoms with Crippen molar-refractivity contribution < 1.29 is 4.74 Å². The molecule has 0 aliphatic carbocycles. The summed E-state index contributed by atoms with van der Waals surface area (Å²) in [5.41, 5.74) is 3.55. The first-order valence-corrected chi connectivity index (χ1v) is 6.39. The molecule has 1 N–H and O–H groups in total. The molecule has 0 atom stereocenters. The topological polar surface area (TPSA) is 34.2 Å². The van der Waals surface area contributed by atoms with Crippen LogP contribution in [0.4, 0.5) is 0 Å². The third-order valence-electron chi connectivity index (χ3n) is 3.24. The van der Waals surface area contributed by atoms with E-state index in [4.69, 9.17) is 4.74 Å². The van der Waals surface area contributed by atoms with E-state index in [9.17, 15) is 0 Å². The highest BCUT2D eigenvalue weighted by molar-refractivity contribution is 5.89. The molecule has 0 fully saturated rings. The lowest BCUT2D eigenvalue weighted by molar-refractivity contribution is 0.414. The van der Waals surface area contributed by atoms with Crippen molar-refractivity contribution in [2.24, 2.45) is 0 Å². The van der Waals surface area contributed by atoms with Crippen LogP contribution < -0.4 is 10.1 Å². The Morgan fingerprint density at radius 2 is 2.17 bits per heavy atom. The Kier molecular flexibility index (Phi) is 4.15. The minimum absolute atomic E-state index is 0.918. The van der Waals surface area contributed by atoms with Gasteiger partial charge in [-0.2, -0.15) is 0 Å². The number of pyridine rings is 1. The van der Waals surface area contributed by atoms with Crippen LogP contribution >= 0.6 is 0 Å². The molecule has 0 radical (unpaired) electrons. The van der Waals surface area contributed by atoms with Crippen molar-refractivity contribution in [1.29, 1.82) is 0 Å². The Labute approximate surface area is 108 Å². The highest BCUT2D eigenvalue weighted by Gasteiger charge is 2.12. The van der Waals surface area contributed by atoms with E-state index in [2.05, 4.69) is 29.4 Å². The van der Waals surface area contributed by atoms with Gasteiger partial charge < -0.3 is 10.1 Å². The fourth-order valence-electron chi connectivity index (χ4n) is 2.31. The first kappa shape index (κ1) is 12.8. The van der Waals surface area contributed by atoms with Gasteiger partial charge >= 0.3 is 0 Å². The van der Waals surface area contributed by atoms with Crippen molar-refractivity contribution in [3.05, 3.63) is 35.5 Å². The smallest absolute Gasteiger partial charge is 0.148 e. The Hall–Kier alpha value is -1.61. The number of nitrogens with one attached hydrogen (secondary N) is 1. The third kappa shape index (κ3) is 2.31. The lowest BCUT2D eigenvalue weighted by Gasteiger charge is -2.14. The van der Waals surface area contributed by atoms with Crippen molar-refractivity contribution in [2.75, 3.05) is 20.7 Å². The average Bonchev–Trinajstić information content (AvgIpc) is 2.43. The van der Waals surface area contributed by atoms with Crippen LogP contribution in [-0.2, 0) is 12.8 Å². The molecule has 0 saturated carbocycles. The number of aromatic nitrogens is 1. The van der Waals surface area contributed by atoms with Crippen molar-refractivity contribution >= 4 is 10.9 Å². The molecule has 1 aromatic heterocycles. The van der Waals surface area contributed by atoms with Crippen LogP contribution in [0.5, 0.6) is 5.75 Å². The number of hydrogen-bond donors (Lipinski definition) is 1. The molecular formula is C15H20N2O. The van der Waals surface area contributed by atoms with Crippen LogP contribution in [0.25, 0.3) is 10.9 Å². The van der Waals surface area contributed by atoms with Crippen LogP contribution in [0, 0.1) is 0 Å². The van der Waals surface area contributed by atoms with Crippen LogP contribution in [0.15, 0.2) is 24.4 Å². The Morgan fingerprint density at radius 1 is 1.33 bits per heavy atom. The zero-order chi connectivity index (χ0) is 13.0. The number of fused-ring (bicyclic) bond motifs is 1. The van der Waals surface area contributed by atoms with Gasteiger partial charge in [0.2, 0.25) is 0 Å². The molecular weight excluding hydrogens is 224 g/mol. The molecule has 0 bridgehead atoms. The SMILES string of the molecule is CCc1cc(CCNC)c2cccnc2c1OC. The number of ether oxygens (including phenoxy) is 1. The molecule has 3 nitrogen and oxygen atoms in total. The number of aryl methyl sites for hydroxylation is 1. The number of rotatable bonds is 5. The summed E-state index contributed by atoms with van der Waals surface area (Å²) in [5, 5.41) is 4.39. The van der Waals surface area contributed by atoms with Gasteiger partial charge in [-0.1, -0.05) is 19.1 Å². The van der Waals surface area contributed by atoms with Crippen LogP contribution in [0.2, 0.25) is 0 Å². The van der Waals surface area contributed by atoms with E-state index >= 15 is 0 Å². The maximum absolute atomic E-state index is 5.53. The molecule has 0 aliphatic rings. The molecule has 0 spiro atoms. The van der Waals surface area contributed by atoms with Crippen LogP contribution in [0.1, 0.15) is 18.1 Å². The standard InChI is InChI=1S/C15H20N2O/c1-4-11-10-12(7-9-16-2)13-6-5-8-17-14(13)15(11)18-3/h5-6,8,10,16H,4,7,9H2,1-3H3. The van der Waals surface area contributed by atoms with Gasteiger partial charge in [-0.05, 0) is 43.6 Å². The lowest BCUT2D eigenvalue weighted by atomic mass is 9.99. The summed E-state index contributed by atoms with van der Waals surface area (Å²) in [4.78, 5) is 4.48. The van der Waals surface area contributed by atoms with Crippen molar-refractivity contribution in [1.82, 2.24) is 10.3 Å². The zero-order valence-electron chi connectivity index (χ0n) is 11.3. The van der Waals surface area contributed by atoms with E-state index in [-0.39, 0.29) is 0 Å². The molecule has 0 unspecified atom stereocenters. The number of nitrogens with zero attached hydrogens (tertiary/aromatic N) is 1. The van der Waals surface area contributed by atoms with Gasteiger partial charge in [0, 0.05) is 11.6 Å². The molecule has 0 saturated heterocycles. The molecule has 0 aliphatic heterocycles. The van der Waals surface area contributed by atoms with Gasteiger partial charge in [-0.3, -0.25) is 4.98 Å². The summed E-state index contributed by atoms with van der Waals surface area (Å²) >= 11 is 0. The summed E-state index contributed by atoms with van der Waals surface area (Å²) in [6.45, 7) is 3.12. The van der Waals surface area contributed by atoms with Gasteiger partial charge in [0.25, 0.3) is 0 Å². The van der Waals surface area contributed by atoms with Gasteiger partial charge in [-0.15, -0.1) is 0 Å². The Morgan fingerprint density at radius 3 is 2.83 bits per heavy atom. The second kappa shape index (κ2) is 5.83. The number of likely N-dealkylation sites (N-methyl/N-ethyl adjacent to an activating group) is 1. The van der Waals surface area contributed by atoms with Crippen molar-refractivity contribution in [3.8, 4) is 5.75 Å². The van der Waals surface area contributed by atoms with Crippen molar-refractivity contribution in [2.45, 2.75) is 19.8 Å². The molecule has 1 heterocycles. The summed E-state index contributed by atoms with van der Waals surface area (Å²) in [6.07, 6.45) is 3.80. The number of hydrogen-bond acceptors (Lipinski definition) is 3. The van der Waals surface area contributed by atoms with E-state index in [0.717, 1.165) is 30.7 Å². The summed E-state index contributed by atoms with van der Waals surface area (Å²) in [7, 11) is 3.70. The van der Waals surface area contributed by atoms with E-state index in [1.807, 2.05) is 19.3 Å². The predicted octanol–water partition coefficient (Wildman–Crippen LogP) is 2.57. The second-order valence-electron chi connectivity index (χ2n) is 4.33. The highest BCUT2D eigenvalue weighted by Crippen LogP contribution is 2.31. The summed E-state index contributed by atoms with van der Waals surface area (Å²) in [5.74, 6) is 0.918. The van der Waals surface area contributed by atoms with Gasteiger partial charge in [0.15, 0.2) is 0 Å². The second-order valence-corrected chi connectivity index (χ2v) is 4.33. The summed E-state index contributed by atoms with van der Waals surface area (Å²) in [6, 6.07) is 6.35. The maximum Gasteiger partial charge on any atom is 0.148 e. The Balaban J connectivity index is 2.63. The predicted molar refractivity (Wildman–Crippen MR) is 75.3 cm³/mol. The third-order valence-corrected chi connectivity index (χ3v) is 3.24. The molecule has 96 valence electrons. The van der Waals surface area contributed by atoms with E-state index in [0.29, 0.717) is 0 Å². The highest BCUT2D eigenvalue weighted by atomic mass is 16.5. The van der Waals surface area contributed by atoms with Gasteiger partial charge in [0.05, 0.1) is 7.11 Å². The van der Waals surface area contributed by atoms with E-state index in [1.165, 1.54) is 16.5 Å². The lowest BCUT2D eigenvalue weighted by Crippen LogP contribution is -2.11. The minimum Gasteiger partial charge on any atom is -0.494 e. The summed E-state index contributed by atoms with van der Waals surface area (Å²) < 4.78 is 5.53. The average molecular weight is 244 g/mol.